The highest BCUT2D eigenvalue weighted by Gasteiger charge is 2.24. The first kappa shape index (κ1) is 22.9. The van der Waals surface area contributed by atoms with Crippen LogP contribution in [0.3, 0.4) is 0 Å². The lowest BCUT2D eigenvalue weighted by molar-refractivity contribution is 0.0186. The molecule has 3 N–H and O–H groups in total. The second-order valence-electron chi connectivity index (χ2n) is 7.05. The molecule has 1 saturated heterocycles. The molecule has 6 nitrogen and oxygen atoms in total. The van der Waals surface area contributed by atoms with Gasteiger partial charge in [-0.1, -0.05) is 6.07 Å². The first-order chi connectivity index (χ1) is 12.8. The van der Waals surface area contributed by atoms with E-state index in [4.69, 9.17) is 9.73 Å². The van der Waals surface area contributed by atoms with Crippen LogP contribution in [-0.2, 0) is 4.74 Å². The van der Waals surface area contributed by atoms with Gasteiger partial charge in [-0.15, -0.1) is 35.3 Å². The number of aliphatic hydroxyl groups excluding tert-OH is 1. The zero-order valence-corrected chi connectivity index (χ0v) is 19.2. The molecule has 2 aliphatic rings. The molecule has 1 saturated carbocycles. The summed E-state index contributed by atoms with van der Waals surface area (Å²) < 4.78 is 5.52. The fraction of sp³-hybridized carbons (Fsp3) is 0.737. The van der Waals surface area contributed by atoms with Crippen LogP contribution in [-0.4, -0.2) is 67.5 Å². The third kappa shape index (κ3) is 7.16. The van der Waals surface area contributed by atoms with Crippen LogP contribution in [0.4, 0.5) is 0 Å². The topological polar surface area (TPSA) is 69.1 Å². The van der Waals surface area contributed by atoms with Crippen molar-refractivity contribution in [1.29, 1.82) is 0 Å². The predicted octanol–water partition coefficient (Wildman–Crippen LogP) is 2.60. The van der Waals surface area contributed by atoms with Gasteiger partial charge in [-0.25, -0.2) is 0 Å². The number of hydrogen-bond acceptors (Lipinski definition) is 5. The van der Waals surface area contributed by atoms with Crippen LogP contribution in [0.25, 0.3) is 0 Å². The van der Waals surface area contributed by atoms with Crippen molar-refractivity contribution in [1.82, 2.24) is 15.5 Å². The number of rotatable bonds is 6. The van der Waals surface area contributed by atoms with Crippen molar-refractivity contribution in [3.05, 3.63) is 22.4 Å². The zero-order chi connectivity index (χ0) is 18.2. The number of ether oxygens (including phenoxy) is 1. The molecular weight excluding hydrogens is 475 g/mol. The van der Waals surface area contributed by atoms with Gasteiger partial charge in [-0.3, -0.25) is 9.89 Å². The highest BCUT2D eigenvalue weighted by atomic mass is 127. The summed E-state index contributed by atoms with van der Waals surface area (Å²) in [6.07, 6.45) is 3.63. The second-order valence-corrected chi connectivity index (χ2v) is 8.03. The van der Waals surface area contributed by atoms with Crippen molar-refractivity contribution in [3.8, 4) is 0 Å². The molecule has 0 bridgehead atoms. The van der Waals surface area contributed by atoms with Gasteiger partial charge in [0.1, 0.15) is 0 Å². The lowest BCUT2D eigenvalue weighted by Crippen LogP contribution is -2.46. The van der Waals surface area contributed by atoms with E-state index in [9.17, 15) is 5.11 Å². The third-order valence-electron chi connectivity index (χ3n) is 5.16. The third-order valence-corrected chi connectivity index (χ3v) is 6.14. The van der Waals surface area contributed by atoms with Crippen LogP contribution >= 0.6 is 35.3 Å². The summed E-state index contributed by atoms with van der Waals surface area (Å²) >= 11 is 1.81. The smallest absolute Gasteiger partial charge is 0.191 e. The molecule has 3 rings (SSSR count). The van der Waals surface area contributed by atoms with Gasteiger partial charge < -0.3 is 20.5 Å². The Hall–Kier alpha value is -0.420. The first-order valence-corrected chi connectivity index (χ1v) is 10.7. The second kappa shape index (κ2) is 12.2. The molecule has 154 valence electrons. The summed E-state index contributed by atoms with van der Waals surface area (Å²) in [5.41, 5.74) is 0. The highest BCUT2D eigenvalue weighted by molar-refractivity contribution is 14.0. The maximum atomic E-state index is 9.70. The minimum Gasteiger partial charge on any atom is -0.393 e. The maximum Gasteiger partial charge on any atom is 0.191 e. The number of morpholine rings is 1. The molecule has 1 atom stereocenters. The Kier molecular flexibility index (Phi) is 10.3. The standard InChI is InChI=1S/C19H32N4O2S.HI/c1-2-20-19(22-15-5-7-16(24)8-6-15)21-14-17(18-4-3-13-26-18)23-9-11-25-12-10-23;/h3-4,13,15-17,24H,2,5-12,14H2,1H3,(H2,20,21,22);1H. The summed E-state index contributed by atoms with van der Waals surface area (Å²) in [6.45, 7) is 7.21. The number of guanidine groups is 1. The van der Waals surface area contributed by atoms with Crippen LogP contribution in [0.5, 0.6) is 0 Å². The monoisotopic (exact) mass is 508 g/mol. The summed E-state index contributed by atoms with van der Waals surface area (Å²) in [4.78, 5) is 8.77. The quantitative estimate of drug-likeness (QED) is 0.313. The van der Waals surface area contributed by atoms with Crippen LogP contribution in [0.2, 0.25) is 0 Å². The number of hydrogen-bond donors (Lipinski definition) is 3. The van der Waals surface area contributed by atoms with E-state index in [2.05, 4.69) is 40.0 Å². The minimum absolute atomic E-state index is 0. The van der Waals surface area contributed by atoms with Gasteiger partial charge in [0, 0.05) is 30.6 Å². The van der Waals surface area contributed by atoms with Gasteiger partial charge in [-0.05, 0) is 44.1 Å². The van der Waals surface area contributed by atoms with Gasteiger partial charge in [0.15, 0.2) is 5.96 Å². The Bertz CT molecular complexity index is 544. The highest BCUT2D eigenvalue weighted by Crippen LogP contribution is 2.26. The fourth-order valence-electron chi connectivity index (χ4n) is 3.67. The van der Waals surface area contributed by atoms with E-state index in [1.165, 1.54) is 4.88 Å². The average molecular weight is 508 g/mol. The van der Waals surface area contributed by atoms with Crippen molar-refractivity contribution >= 4 is 41.3 Å². The summed E-state index contributed by atoms with van der Waals surface area (Å²) in [5.74, 6) is 0.892. The Morgan fingerprint density at radius 1 is 1.33 bits per heavy atom. The van der Waals surface area contributed by atoms with Crippen LogP contribution in [0.15, 0.2) is 22.5 Å². The Morgan fingerprint density at radius 3 is 2.70 bits per heavy atom. The first-order valence-electron chi connectivity index (χ1n) is 9.84. The summed E-state index contributed by atoms with van der Waals surface area (Å²) in [6, 6.07) is 5.04. The zero-order valence-electron chi connectivity index (χ0n) is 16.1. The van der Waals surface area contributed by atoms with Gasteiger partial charge in [0.2, 0.25) is 0 Å². The number of aliphatic imine (C=N–C) groups is 1. The van der Waals surface area contributed by atoms with Crippen LogP contribution in [0.1, 0.15) is 43.5 Å². The normalized spacial score (nSPS) is 25.5. The largest absolute Gasteiger partial charge is 0.393 e. The lowest BCUT2D eigenvalue weighted by atomic mass is 9.93. The molecule has 1 aliphatic heterocycles. The molecule has 1 unspecified atom stereocenters. The Labute approximate surface area is 183 Å². The number of thiophene rings is 1. The SMILES string of the molecule is CCNC(=NCC(c1cccs1)N1CCOCC1)NC1CCC(O)CC1.I. The van der Waals surface area contributed by atoms with E-state index in [1.54, 1.807) is 11.3 Å². The number of halogens is 1. The molecule has 2 fully saturated rings. The molecule has 8 heteroatoms. The molecular formula is C19H33IN4O2S. The van der Waals surface area contributed by atoms with Crippen LogP contribution < -0.4 is 10.6 Å². The minimum atomic E-state index is -0.128. The van der Waals surface area contributed by atoms with Gasteiger partial charge in [0.25, 0.3) is 0 Å². The fourth-order valence-corrected chi connectivity index (χ4v) is 4.52. The van der Waals surface area contributed by atoms with Gasteiger partial charge in [-0.2, -0.15) is 0 Å². The number of nitrogens with one attached hydrogen (secondary N) is 2. The molecule has 27 heavy (non-hydrogen) atoms. The number of nitrogens with zero attached hydrogens (tertiary/aromatic N) is 2. The molecule has 0 radical (unpaired) electrons. The predicted molar refractivity (Wildman–Crippen MR) is 122 cm³/mol. The van der Waals surface area contributed by atoms with Crippen molar-refractivity contribution in [2.24, 2.45) is 4.99 Å². The Balaban J connectivity index is 0.00000261. The van der Waals surface area contributed by atoms with E-state index in [0.717, 1.165) is 71.0 Å². The van der Waals surface area contributed by atoms with E-state index >= 15 is 0 Å². The molecule has 2 heterocycles. The van der Waals surface area contributed by atoms with Crippen molar-refractivity contribution in [3.63, 3.8) is 0 Å². The molecule has 1 aromatic heterocycles. The molecule has 0 spiro atoms. The maximum absolute atomic E-state index is 9.70. The molecule has 0 amide bonds. The van der Waals surface area contributed by atoms with E-state index in [1.807, 2.05) is 0 Å². The van der Waals surface area contributed by atoms with E-state index < -0.39 is 0 Å². The molecule has 0 aromatic carbocycles. The van der Waals surface area contributed by atoms with Crippen LogP contribution in [0, 0.1) is 0 Å². The van der Waals surface area contributed by atoms with E-state index in [-0.39, 0.29) is 30.1 Å². The van der Waals surface area contributed by atoms with Crippen molar-refractivity contribution < 1.29 is 9.84 Å². The summed E-state index contributed by atoms with van der Waals surface area (Å²) in [5, 5.41) is 18.8. The van der Waals surface area contributed by atoms with Crippen molar-refractivity contribution in [2.45, 2.75) is 50.8 Å². The average Bonchev–Trinajstić information content (AvgIpc) is 3.19. The number of aliphatic hydroxyl groups is 1. The van der Waals surface area contributed by atoms with Gasteiger partial charge in [0.05, 0.1) is 31.9 Å². The molecule has 1 aromatic rings. The summed E-state index contributed by atoms with van der Waals surface area (Å²) in [7, 11) is 0. The molecule has 1 aliphatic carbocycles. The Morgan fingerprint density at radius 2 is 2.07 bits per heavy atom. The van der Waals surface area contributed by atoms with Gasteiger partial charge >= 0.3 is 0 Å². The van der Waals surface area contributed by atoms with Crippen molar-refractivity contribution in [2.75, 3.05) is 39.4 Å². The lowest BCUT2D eigenvalue weighted by Gasteiger charge is -2.33. The van der Waals surface area contributed by atoms with E-state index in [0.29, 0.717) is 12.1 Å².